The van der Waals surface area contributed by atoms with Gasteiger partial charge in [-0.2, -0.15) is 0 Å². The molecule has 4 heteroatoms. The van der Waals surface area contributed by atoms with Crippen molar-refractivity contribution in [2.24, 2.45) is 0 Å². The molecule has 0 bridgehead atoms. The molecule has 88 valence electrons. The first kappa shape index (κ1) is 12.4. The molecule has 4 nitrogen and oxygen atoms in total. The number of nitrogens with one attached hydrogen (secondary N) is 1. The second-order valence-corrected chi connectivity index (χ2v) is 3.40. The van der Waals surface area contributed by atoms with Crippen LogP contribution in [0, 0.1) is 0 Å². The minimum atomic E-state index is -0.357. The molecule has 1 aromatic rings. The van der Waals surface area contributed by atoms with Gasteiger partial charge in [0.05, 0.1) is 6.61 Å². The van der Waals surface area contributed by atoms with Crippen molar-refractivity contribution >= 4 is 11.8 Å². The van der Waals surface area contributed by atoms with E-state index in [1.54, 1.807) is 6.92 Å². The van der Waals surface area contributed by atoms with Gasteiger partial charge in [0.2, 0.25) is 0 Å². The molecule has 0 saturated heterocycles. The van der Waals surface area contributed by atoms with Gasteiger partial charge in [0.25, 0.3) is 0 Å². The zero-order valence-corrected chi connectivity index (χ0v) is 9.77. The molecule has 1 aromatic carbocycles. The Labute approximate surface area is 96.2 Å². The van der Waals surface area contributed by atoms with Crippen molar-refractivity contribution in [2.75, 3.05) is 31.6 Å². The Balaban J connectivity index is 2.26. The van der Waals surface area contributed by atoms with Crippen molar-refractivity contribution in [3.05, 3.63) is 30.3 Å². The third kappa shape index (κ3) is 4.21. The van der Waals surface area contributed by atoms with Crippen LogP contribution in [0.2, 0.25) is 0 Å². The van der Waals surface area contributed by atoms with E-state index in [-0.39, 0.29) is 6.09 Å². The van der Waals surface area contributed by atoms with Crippen LogP contribution in [0.4, 0.5) is 10.5 Å². The third-order valence-corrected chi connectivity index (χ3v) is 2.19. The first-order chi connectivity index (χ1) is 7.74. The molecule has 0 aliphatic rings. The highest BCUT2D eigenvalue weighted by molar-refractivity contribution is 5.67. The van der Waals surface area contributed by atoms with E-state index in [0.717, 1.165) is 12.2 Å². The minimum Gasteiger partial charge on any atom is -0.450 e. The molecule has 0 aliphatic carbocycles. The average molecular weight is 222 g/mol. The highest BCUT2D eigenvalue weighted by atomic mass is 16.5. The number of amides is 1. The number of anilines is 1. The summed E-state index contributed by atoms with van der Waals surface area (Å²) in [5.41, 5.74) is 1.13. The summed E-state index contributed by atoms with van der Waals surface area (Å²) in [7, 11) is 1.99. The highest BCUT2D eigenvalue weighted by Gasteiger charge is 2.02. The van der Waals surface area contributed by atoms with Gasteiger partial charge in [0.1, 0.15) is 0 Å². The molecule has 0 unspecified atom stereocenters. The number of alkyl carbamates (subject to hydrolysis) is 1. The van der Waals surface area contributed by atoms with Gasteiger partial charge in [-0.15, -0.1) is 0 Å². The lowest BCUT2D eigenvalue weighted by atomic mass is 10.3. The van der Waals surface area contributed by atoms with E-state index in [0.29, 0.717) is 13.2 Å². The van der Waals surface area contributed by atoms with Crippen LogP contribution in [-0.2, 0) is 4.74 Å². The van der Waals surface area contributed by atoms with E-state index in [1.807, 2.05) is 37.4 Å². The van der Waals surface area contributed by atoms with Gasteiger partial charge in [-0.05, 0) is 19.1 Å². The van der Waals surface area contributed by atoms with Crippen LogP contribution in [0.5, 0.6) is 0 Å². The summed E-state index contributed by atoms with van der Waals surface area (Å²) >= 11 is 0. The van der Waals surface area contributed by atoms with E-state index >= 15 is 0 Å². The maximum absolute atomic E-state index is 11.0. The number of carbonyl (C=O) groups excluding carboxylic acids is 1. The lowest BCUT2D eigenvalue weighted by molar-refractivity contribution is 0.152. The maximum atomic E-state index is 11.0. The molecule has 0 heterocycles. The Bertz CT molecular complexity index is 314. The number of carbonyl (C=O) groups is 1. The molecule has 1 N–H and O–H groups in total. The number of hydrogen-bond donors (Lipinski definition) is 1. The first-order valence-electron chi connectivity index (χ1n) is 5.41. The van der Waals surface area contributed by atoms with Crippen LogP contribution in [0.1, 0.15) is 6.92 Å². The fraction of sp³-hybridized carbons (Fsp3) is 0.417. The van der Waals surface area contributed by atoms with Gasteiger partial charge < -0.3 is 15.0 Å². The van der Waals surface area contributed by atoms with E-state index < -0.39 is 0 Å². The summed E-state index contributed by atoms with van der Waals surface area (Å²) in [6.45, 7) is 3.52. The highest BCUT2D eigenvalue weighted by Crippen LogP contribution is 2.09. The topological polar surface area (TPSA) is 41.6 Å². The van der Waals surface area contributed by atoms with Gasteiger partial charge in [-0.1, -0.05) is 18.2 Å². The van der Waals surface area contributed by atoms with E-state index in [9.17, 15) is 4.79 Å². The average Bonchev–Trinajstić information content (AvgIpc) is 2.30. The molecule has 16 heavy (non-hydrogen) atoms. The van der Waals surface area contributed by atoms with Gasteiger partial charge in [0, 0.05) is 25.8 Å². The molecule has 0 aliphatic heterocycles. The number of nitrogens with zero attached hydrogens (tertiary/aromatic N) is 1. The molecule has 1 amide bonds. The van der Waals surface area contributed by atoms with Gasteiger partial charge >= 0.3 is 6.09 Å². The molecule has 0 fully saturated rings. The molecule has 0 aromatic heterocycles. The summed E-state index contributed by atoms with van der Waals surface area (Å²) in [6, 6.07) is 10.0. The van der Waals surface area contributed by atoms with Crippen molar-refractivity contribution in [3.8, 4) is 0 Å². The number of rotatable bonds is 5. The van der Waals surface area contributed by atoms with E-state index in [2.05, 4.69) is 10.2 Å². The van der Waals surface area contributed by atoms with Crippen LogP contribution in [0.3, 0.4) is 0 Å². The zero-order valence-electron chi connectivity index (χ0n) is 9.77. The number of likely N-dealkylation sites (N-methyl/N-ethyl adjacent to an activating group) is 1. The first-order valence-corrected chi connectivity index (χ1v) is 5.41. The molecular formula is C12H18N2O2. The second kappa shape index (κ2) is 6.71. The van der Waals surface area contributed by atoms with Crippen molar-refractivity contribution in [2.45, 2.75) is 6.92 Å². The number of para-hydroxylation sites is 1. The molecule has 1 rings (SSSR count). The fourth-order valence-electron chi connectivity index (χ4n) is 1.32. The number of benzene rings is 1. The predicted octanol–water partition coefficient (Wildman–Crippen LogP) is 1.87. The molecule has 0 atom stereocenters. The third-order valence-electron chi connectivity index (χ3n) is 2.19. The normalized spacial score (nSPS) is 9.62. The largest absolute Gasteiger partial charge is 0.450 e. The number of ether oxygens (including phenoxy) is 1. The van der Waals surface area contributed by atoms with E-state index in [4.69, 9.17) is 4.74 Å². The van der Waals surface area contributed by atoms with Gasteiger partial charge in [-0.25, -0.2) is 4.79 Å². The summed E-state index contributed by atoms with van der Waals surface area (Å²) in [5, 5.41) is 2.68. The molecule has 0 saturated carbocycles. The van der Waals surface area contributed by atoms with Crippen LogP contribution < -0.4 is 10.2 Å². The predicted molar refractivity (Wildman–Crippen MR) is 64.7 cm³/mol. The van der Waals surface area contributed by atoms with Crippen LogP contribution in [-0.4, -0.2) is 32.8 Å². The summed E-state index contributed by atoms with van der Waals surface area (Å²) < 4.78 is 4.76. The van der Waals surface area contributed by atoms with Crippen molar-refractivity contribution in [1.29, 1.82) is 0 Å². The van der Waals surface area contributed by atoms with Crippen LogP contribution in [0.15, 0.2) is 30.3 Å². The lowest BCUT2D eigenvalue weighted by Crippen LogP contribution is -2.33. The van der Waals surface area contributed by atoms with Gasteiger partial charge in [-0.3, -0.25) is 0 Å². The van der Waals surface area contributed by atoms with Crippen LogP contribution in [0.25, 0.3) is 0 Å². The van der Waals surface area contributed by atoms with Gasteiger partial charge in [0.15, 0.2) is 0 Å². The molecule has 0 spiro atoms. The standard InChI is InChI=1S/C12H18N2O2/c1-3-16-12(15)13-9-10-14(2)11-7-5-4-6-8-11/h4-8H,3,9-10H2,1-2H3,(H,13,15). The summed E-state index contributed by atoms with van der Waals surface area (Å²) in [5.74, 6) is 0. The maximum Gasteiger partial charge on any atom is 0.407 e. The second-order valence-electron chi connectivity index (χ2n) is 3.40. The number of hydrogen-bond acceptors (Lipinski definition) is 3. The zero-order chi connectivity index (χ0) is 11.8. The Morgan fingerprint density at radius 3 is 2.69 bits per heavy atom. The molecule has 0 radical (unpaired) electrons. The Morgan fingerprint density at radius 1 is 1.38 bits per heavy atom. The smallest absolute Gasteiger partial charge is 0.407 e. The quantitative estimate of drug-likeness (QED) is 0.827. The Morgan fingerprint density at radius 2 is 2.06 bits per heavy atom. The SMILES string of the molecule is CCOC(=O)NCCN(C)c1ccccc1. The minimum absolute atomic E-state index is 0.357. The van der Waals surface area contributed by atoms with Crippen molar-refractivity contribution in [3.63, 3.8) is 0 Å². The monoisotopic (exact) mass is 222 g/mol. The summed E-state index contributed by atoms with van der Waals surface area (Å²) in [4.78, 5) is 13.1. The lowest BCUT2D eigenvalue weighted by Gasteiger charge is -2.19. The van der Waals surface area contributed by atoms with Crippen molar-refractivity contribution < 1.29 is 9.53 Å². The Kier molecular flexibility index (Phi) is 5.19. The Hall–Kier alpha value is -1.71. The summed E-state index contributed by atoms with van der Waals surface area (Å²) in [6.07, 6.45) is -0.357. The fourth-order valence-corrected chi connectivity index (χ4v) is 1.32. The van der Waals surface area contributed by atoms with Crippen LogP contribution >= 0.6 is 0 Å². The van der Waals surface area contributed by atoms with Crippen molar-refractivity contribution in [1.82, 2.24) is 5.32 Å². The molecular weight excluding hydrogens is 204 g/mol. The van der Waals surface area contributed by atoms with E-state index in [1.165, 1.54) is 0 Å².